The highest BCUT2D eigenvalue weighted by atomic mass is 16.4. The SMILES string of the molecule is O=C(O)C1CCC(CNC(=O)[C@H]2Cc3ccccc3CN2)CC1. The van der Waals surface area contributed by atoms with Crippen LogP contribution in [0.1, 0.15) is 36.8 Å². The van der Waals surface area contributed by atoms with E-state index in [9.17, 15) is 9.59 Å². The topological polar surface area (TPSA) is 78.4 Å². The van der Waals surface area contributed by atoms with Crippen molar-refractivity contribution in [1.82, 2.24) is 10.6 Å². The highest BCUT2D eigenvalue weighted by molar-refractivity contribution is 5.82. The molecule has 1 amide bonds. The van der Waals surface area contributed by atoms with Crippen LogP contribution in [-0.2, 0) is 22.6 Å². The summed E-state index contributed by atoms with van der Waals surface area (Å²) in [4.78, 5) is 23.3. The minimum atomic E-state index is -0.683. The maximum atomic E-state index is 12.4. The van der Waals surface area contributed by atoms with Crippen molar-refractivity contribution in [3.63, 3.8) is 0 Å². The summed E-state index contributed by atoms with van der Waals surface area (Å²) in [5.74, 6) is -0.415. The summed E-state index contributed by atoms with van der Waals surface area (Å²) in [6, 6.07) is 8.05. The molecule has 2 aliphatic rings. The number of carboxylic acids is 1. The lowest BCUT2D eigenvalue weighted by molar-refractivity contribution is -0.143. The Kier molecular flexibility index (Phi) is 4.96. The number of carboxylic acid groups (broad SMARTS) is 1. The summed E-state index contributed by atoms with van der Waals surface area (Å²) in [5.41, 5.74) is 2.51. The Morgan fingerprint density at radius 1 is 1.13 bits per heavy atom. The van der Waals surface area contributed by atoms with Gasteiger partial charge in [0.2, 0.25) is 5.91 Å². The Labute approximate surface area is 136 Å². The van der Waals surface area contributed by atoms with Crippen LogP contribution in [0.3, 0.4) is 0 Å². The zero-order chi connectivity index (χ0) is 16.2. The fraction of sp³-hybridized carbons (Fsp3) is 0.556. The van der Waals surface area contributed by atoms with Gasteiger partial charge in [-0.15, -0.1) is 0 Å². The molecule has 1 atom stereocenters. The molecule has 3 N–H and O–H groups in total. The first-order valence-corrected chi connectivity index (χ1v) is 8.44. The second-order valence-electron chi connectivity index (χ2n) is 6.71. The Morgan fingerprint density at radius 3 is 2.52 bits per heavy atom. The monoisotopic (exact) mass is 316 g/mol. The van der Waals surface area contributed by atoms with Crippen LogP contribution in [0, 0.1) is 11.8 Å². The smallest absolute Gasteiger partial charge is 0.306 e. The van der Waals surface area contributed by atoms with Crippen LogP contribution in [0.15, 0.2) is 24.3 Å². The van der Waals surface area contributed by atoms with E-state index in [1.807, 2.05) is 12.1 Å². The Morgan fingerprint density at radius 2 is 1.83 bits per heavy atom. The first-order chi connectivity index (χ1) is 11.1. The van der Waals surface area contributed by atoms with E-state index < -0.39 is 5.97 Å². The Bertz CT molecular complexity index is 579. The third-order valence-electron chi connectivity index (χ3n) is 5.16. The van der Waals surface area contributed by atoms with Gasteiger partial charge in [-0.3, -0.25) is 9.59 Å². The second kappa shape index (κ2) is 7.13. The van der Waals surface area contributed by atoms with Gasteiger partial charge in [-0.1, -0.05) is 24.3 Å². The third-order valence-corrected chi connectivity index (χ3v) is 5.16. The molecule has 0 radical (unpaired) electrons. The normalized spacial score (nSPS) is 27.0. The summed E-state index contributed by atoms with van der Waals surface area (Å²) >= 11 is 0. The van der Waals surface area contributed by atoms with Crippen LogP contribution in [0.5, 0.6) is 0 Å². The molecule has 23 heavy (non-hydrogen) atoms. The maximum Gasteiger partial charge on any atom is 0.306 e. The first kappa shape index (κ1) is 16.0. The average Bonchev–Trinajstić information content (AvgIpc) is 2.59. The van der Waals surface area contributed by atoms with Crippen molar-refractivity contribution < 1.29 is 14.7 Å². The van der Waals surface area contributed by atoms with E-state index in [2.05, 4.69) is 22.8 Å². The molecule has 1 fully saturated rings. The van der Waals surface area contributed by atoms with E-state index in [1.165, 1.54) is 11.1 Å². The molecule has 0 bridgehead atoms. The van der Waals surface area contributed by atoms with E-state index in [4.69, 9.17) is 5.11 Å². The highest BCUT2D eigenvalue weighted by Gasteiger charge is 2.28. The molecule has 1 aromatic rings. The standard InChI is InChI=1S/C18H24N2O3/c21-17(16-9-14-3-1-2-4-15(14)11-19-16)20-10-12-5-7-13(8-6-12)18(22)23/h1-4,12-13,16,19H,5-11H2,(H,20,21)(H,22,23)/t12?,13?,16-/m1/s1. The highest BCUT2D eigenvalue weighted by Crippen LogP contribution is 2.28. The summed E-state index contributed by atoms with van der Waals surface area (Å²) in [5, 5.41) is 15.4. The Balaban J connectivity index is 1.45. The van der Waals surface area contributed by atoms with Crippen molar-refractivity contribution in [3.8, 4) is 0 Å². The molecular weight excluding hydrogens is 292 g/mol. The lowest BCUT2D eigenvalue weighted by Crippen LogP contribution is -2.48. The van der Waals surface area contributed by atoms with E-state index in [0.29, 0.717) is 12.5 Å². The van der Waals surface area contributed by atoms with Crippen molar-refractivity contribution in [1.29, 1.82) is 0 Å². The number of benzene rings is 1. The first-order valence-electron chi connectivity index (χ1n) is 8.44. The van der Waals surface area contributed by atoms with Crippen molar-refractivity contribution in [2.45, 2.75) is 44.7 Å². The molecule has 1 aliphatic carbocycles. The number of aliphatic carboxylic acids is 1. The number of hydrogen-bond donors (Lipinski definition) is 3. The summed E-state index contributed by atoms with van der Waals surface area (Å²) < 4.78 is 0. The van der Waals surface area contributed by atoms with Gasteiger partial charge in [0.25, 0.3) is 0 Å². The molecule has 5 nitrogen and oxygen atoms in total. The number of carbonyl (C=O) groups excluding carboxylic acids is 1. The lowest BCUT2D eigenvalue weighted by Gasteiger charge is -2.28. The zero-order valence-corrected chi connectivity index (χ0v) is 13.3. The number of amides is 1. The van der Waals surface area contributed by atoms with Gasteiger partial charge < -0.3 is 15.7 Å². The molecule has 1 saturated carbocycles. The van der Waals surface area contributed by atoms with Crippen LogP contribution in [0.25, 0.3) is 0 Å². The molecular formula is C18H24N2O3. The van der Waals surface area contributed by atoms with E-state index >= 15 is 0 Å². The van der Waals surface area contributed by atoms with Crippen molar-refractivity contribution in [2.24, 2.45) is 11.8 Å². The van der Waals surface area contributed by atoms with Gasteiger partial charge in [-0.2, -0.15) is 0 Å². The molecule has 1 heterocycles. The van der Waals surface area contributed by atoms with E-state index in [-0.39, 0.29) is 17.9 Å². The van der Waals surface area contributed by atoms with Gasteiger partial charge in [0, 0.05) is 13.1 Å². The Hall–Kier alpha value is -1.88. The zero-order valence-electron chi connectivity index (χ0n) is 13.3. The molecule has 0 aromatic heterocycles. The number of nitrogens with one attached hydrogen (secondary N) is 2. The molecule has 1 aromatic carbocycles. The van der Waals surface area contributed by atoms with Crippen LogP contribution in [0.2, 0.25) is 0 Å². The fourth-order valence-corrected chi connectivity index (χ4v) is 3.62. The van der Waals surface area contributed by atoms with Crippen molar-refractivity contribution in [2.75, 3.05) is 6.54 Å². The predicted octanol–water partition coefficient (Wildman–Crippen LogP) is 1.71. The summed E-state index contributed by atoms with van der Waals surface area (Å²) in [6.07, 6.45) is 3.96. The lowest BCUT2D eigenvalue weighted by atomic mass is 9.82. The van der Waals surface area contributed by atoms with Gasteiger partial charge in [0.05, 0.1) is 12.0 Å². The van der Waals surface area contributed by atoms with Gasteiger partial charge in [0.1, 0.15) is 0 Å². The number of rotatable bonds is 4. The minimum Gasteiger partial charge on any atom is -0.481 e. The average molecular weight is 316 g/mol. The van der Waals surface area contributed by atoms with Gasteiger partial charge in [-0.25, -0.2) is 0 Å². The molecule has 5 heteroatoms. The second-order valence-corrected chi connectivity index (χ2v) is 6.71. The van der Waals surface area contributed by atoms with E-state index in [1.54, 1.807) is 0 Å². The molecule has 3 rings (SSSR count). The van der Waals surface area contributed by atoms with Crippen molar-refractivity contribution in [3.05, 3.63) is 35.4 Å². The molecule has 0 unspecified atom stereocenters. The van der Waals surface area contributed by atoms with Crippen LogP contribution < -0.4 is 10.6 Å². The van der Waals surface area contributed by atoms with E-state index in [0.717, 1.165) is 38.6 Å². The quantitative estimate of drug-likeness (QED) is 0.790. The number of fused-ring (bicyclic) bond motifs is 1. The fourth-order valence-electron chi connectivity index (χ4n) is 3.62. The number of carbonyl (C=O) groups is 2. The summed E-state index contributed by atoms with van der Waals surface area (Å²) in [7, 11) is 0. The predicted molar refractivity (Wildman–Crippen MR) is 86.9 cm³/mol. The minimum absolute atomic E-state index is 0.0554. The molecule has 124 valence electrons. The van der Waals surface area contributed by atoms with Gasteiger partial charge >= 0.3 is 5.97 Å². The van der Waals surface area contributed by atoms with Gasteiger partial charge in [-0.05, 0) is 49.1 Å². The van der Waals surface area contributed by atoms with Crippen LogP contribution >= 0.6 is 0 Å². The molecule has 0 saturated heterocycles. The molecule has 0 spiro atoms. The third kappa shape index (κ3) is 3.91. The van der Waals surface area contributed by atoms with Gasteiger partial charge in [0.15, 0.2) is 0 Å². The molecule has 1 aliphatic heterocycles. The maximum absolute atomic E-state index is 12.4. The largest absolute Gasteiger partial charge is 0.481 e. The summed E-state index contributed by atoms with van der Waals surface area (Å²) in [6.45, 7) is 1.39. The van der Waals surface area contributed by atoms with Crippen LogP contribution in [0.4, 0.5) is 0 Å². The number of hydrogen-bond acceptors (Lipinski definition) is 3. The van der Waals surface area contributed by atoms with Crippen LogP contribution in [-0.4, -0.2) is 29.6 Å². The van der Waals surface area contributed by atoms with Crippen molar-refractivity contribution >= 4 is 11.9 Å².